The maximum Gasteiger partial charge on any atom is 0.0645 e. The largest absolute Gasteiger partial charge is 0.381 e. The van der Waals surface area contributed by atoms with E-state index in [1.807, 2.05) is 0 Å². The highest BCUT2D eigenvalue weighted by molar-refractivity contribution is 4.85. The molecule has 3 nitrogen and oxygen atoms in total. The summed E-state index contributed by atoms with van der Waals surface area (Å²) in [5.74, 6) is 1.40. The van der Waals surface area contributed by atoms with Crippen LogP contribution in [-0.2, 0) is 9.47 Å². The van der Waals surface area contributed by atoms with Crippen LogP contribution in [0.4, 0.5) is 0 Å². The van der Waals surface area contributed by atoms with Crippen LogP contribution < -0.4 is 5.32 Å². The second kappa shape index (κ2) is 6.36. The summed E-state index contributed by atoms with van der Waals surface area (Å²) in [6.07, 6.45) is 5.34. The Labute approximate surface area is 112 Å². The molecule has 106 valence electrons. The monoisotopic (exact) mass is 255 g/mol. The summed E-state index contributed by atoms with van der Waals surface area (Å²) < 4.78 is 11.6. The van der Waals surface area contributed by atoms with Gasteiger partial charge in [0.05, 0.1) is 6.10 Å². The first-order valence-electron chi connectivity index (χ1n) is 7.50. The molecule has 0 radical (unpaired) electrons. The number of nitrogens with one attached hydrogen (secondary N) is 1. The van der Waals surface area contributed by atoms with Gasteiger partial charge in [0.2, 0.25) is 0 Å². The number of rotatable bonds is 3. The van der Waals surface area contributed by atoms with E-state index in [9.17, 15) is 0 Å². The van der Waals surface area contributed by atoms with Gasteiger partial charge in [0.25, 0.3) is 0 Å². The lowest BCUT2D eigenvalue weighted by molar-refractivity contribution is -0.0867. The van der Waals surface area contributed by atoms with Crippen molar-refractivity contribution < 1.29 is 9.47 Å². The van der Waals surface area contributed by atoms with Crippen molar-refractivity contribution >= 4 is 0 Å². The summed E-state index contributed by atoms with van der Waals surface area (Å²) in [5.41, 5.74) is 0.206. The van der Waals surface area contributed by atoms with Gasteiger partial charge in [-0.1, -0.05) is 0 Å². The first-order chi connectivity index (χ1) is 8.56. The minimum Gasteiger partial charge on any atom is -0.381 e. The van der Waals surface area contributed by atoms with E-state index in [0.717, 1.165) is 26.4 Å². The zero-order chi connectivity index (χ0) is 13.0. The van der Waals surface area contributed by atoms with E-state index in [0.29, 0.717) is 17.9 Å². The predicted octanol–water partition coefficient (Wildman–Crippen LogP) is 2.60. The normalized spacial score (nSPS) is 31.5. The van der Waals surface area contributed by atoms with Crippen LogP contribution in [0.1, 0.15) is 46.5 Å². The zero-order valence-corrected chi connectivity index (χ0v) is 12.2. The molecular weight excluding hydrogens is 226 g/mol. The molecule has 2 atom stereocenters. The van der Waals surface area contributed by atoms with Gasteiger partial charge in [-0.05, 0) is 58.3 Å². The fourth-order valence-electron chi connectivity index (χ4n) is 3.09. The molecule has 0 amide bonds. The first kappa shape index (κ1) is 14.3. The van der Waals surface area contributed by atoms with Gasteiger partial charge in [0.1, 0.15) is 0 Å². The van der Waals surface area contributed by atoms with E-state index in [1.54, 1.807) is 0 Å². The molecule has 2 aliphatic rings. The molecular formula is C15H29NO2. The molecule has 0 saturated carbocycles. The van der Waals surface area contributed by atoms with Crippen LogP contribution in [0.5, 0.6) is 0 Å². The van der Waals surface area contributed by atoms with Crippen molar-refractivity contribution in [1.29, 1.82) is 0 Å². The summed E-state index contributed by atoms with van der Waals surface area (Å²) in [6, 6.07) is 0. The average Bonchev–Trinajstić information content (AvgIpc) is 2.37. The first-order valence-corrected chi connectivity index (χ1v) is 7.50. The summed E-state index contributed by atoms with van der Waals surface area (Å²) in [6.45, 7) is 10.6. The highest BCUT2D eigenvalue weighted by Gasteiger charge is 2.34. The molecule has 2 rings (SSSR count). The topological polar surface area (TPSA) is 30.5 Å². The molecule has 0 bridgehead atoms. The predicted molar refractivity (Wildman–Crippen MR) is 73.8 cm³/mol. The fourth-order valence-corrected chi connectivity index (χ4v) is 3.09. The fraction of sp³-hybridized carbons (Fsp3) is 1.00. The van der Waals surface area contributed by atoms with Crippen molar-refractivity contribution in [3.05, 3.63) is 0 Å². The molecule has 0 aromatic heterocycles. The Morgan fingerprint density at radius 1 is 1.06 bits per heavy atom. The summed E-state index contributed by atoms with van der Waals surface area (Å²) in [4.78, 5) is 0. The van der Waals surface area contributed by atoms with E-state index in [-0.39, 0.29) is 5.54 Å². The van der Waals surface area contributed by atoms with Crippen LogP contribution in [0, 0.1) is 11.8 Å². The van der Waals surface area contributed by atoms with Gasteiger partial charge in [0, 0.05) is 31.9 Å². The third kappa shape index (κ3) is 4.22. The number of hydrogen-bond acceptors (Lipinski definition) is 3. The van der Waals surface area contributed by atoms with Crippen molar-refractivity contribution in [3.8, 4) is 0 Å². The van der Waals surface area contributed by atoms with Crippen molar-refractivity contribution in [1.82, 2.24) is 5.32 Å². The molecule has 3 heteroatoms. The molecule has 1 N–H and O–H groups in total. The van der Waals surface area contributed by atoms with Gasteiger partial charge in [-0.25, -0.2) is 0 Å². The smallest absolute Gasteiger partial charge is 0.0645 e. The van der Waals surface area contributed by atoms with E-state index in [2.05, 4.69) is 26.1 Å². The third-order valence-corrected chi connectivity index (χ3v) is 4.12. The van der Waals surface area contributed by atoms with E-state index < -0.39 is 0 Å². The maximum atomic E-state index is 6.10. The lowest BCUT2D eigenvalue weighted by Gasteiger charge is -2.40. The van der Waals surface area contributed by atoms with Crippen molar-refractivity contribution in [3.63, 3.8) is 0 Å². The van der Waals surface area contributed by atoms with Crippen LogP contribution in [0.25, 0.3) is 0 Å². The van der Waals surface area contributed by atoms with Gasteiger partial charge < -0.3 is 14.8 Å². The number of ether oxygens (including phenoxy) is 2. The molecule has 2 saturated heterocycles. The van der Waals surface area contributed by atoms with Gasteiger partial charge in [0.15, 0.2) is 0 Å². The van der Waals surface area contributed by atoms with Crippen LogP contribution in [0.3, 0.4) is 0 Å². The molecule has 0 aromatic carbocycles. The van der Waals surface area contributed by atoms with Gasteiger partial charge >= 0.3 is 0 Å². The Hall–Kier alpha value is -0.120. The van der Waals surface area contributed by atoms with Crippen LogP contribution >= 0.6 is 0 Å². The average molecular weight is 255 g/mol. The van der Waals surface area contributed by atoms with Gasteiger partial charge in [-0.2, -0.15) is 0 Å². The molecule has 0 spiro atoms. The lowest BCUT2D eigenvalue weighted by atomic mass is 9.81. The second-order valence-corrected chi connectivity index (χ2v) is 6.82. The highest BCUT2D eigenvalue weighted by atomic mass is 16.5. The Kier molecular flexibility index (Phi) is 5.05. The molecule has 0 aromatic rings. The third-order valence-electron chi connectivity index (χ3n) is 4.12. The quantitative estimate of drug-likeness (QED) is 0.841. The van der Waals surface area contributed by atoms with Crippen LogP contribution in [0.15, 0.2) is 0 Å². The zero-order valence-electron chi connectivity index (χ0n) is 12.2. The minimum atomic E-state index is 0.206. The molecule has 2 unspecified atom stereocenters. The number of hydrogen-bond donors (Lipinski definition) is 1. The van der Waals surface area contributed by atoms with Gasteiger partial charge in [-0.3, -0.25) is 0 Å². The molecule has 18 heavy (non-hydrogen) atoms. The van der Waals surface area contributed by atoms with Crippen LogP contribution in [-0.4, -0.2) is 38.0 Å². The van der Waals surface area contributed by atoms with Crippen molar-refractivity contribution in [2.24, 2.45) is 11.8 Å². The lowest BCUT2D eigenvalue weighted by Crippen LogP contribution is -2.47. The summed E-state index contributed by atoms with van der Waals surface area (Å²) >= 11 is 0. The Morgan fingerprint density at radius 2 is 1.78 bits per heavy atom. The Morgan fingerprint density at radius 3 is 2.44 bits per heavy atom. The van der Waals surface area contributed by atoms with Crippen molar-refractivity contribution in [2.45, 2.75) is 58.1 Å². The summed E-state index contributed by atoms with van der Waals surface area (Å²) in [5, 5.41) is 3.65. The van der Waals surface area contributed by atoms with Crippen molar-refractivity contribution in [2.75, 3.05) is 26.4 Å². The molecule has 0 aliphatic carbocycles. The standard InChI is InChI=1S/C15H29NO2/c1-15(2,3)16-11-13-5-4-8-18-14(13)12-6-9-17-10-7-12/h12-14,16H,4-11H2,1-3H3. The van der Waals surface area contributed by atoms with Gasteiger partial charge in [-0.15, -0.1) is 0 Å². The van der Waals surface area contributed by atoms with E-state index in [1.165, 1.54) is 25.7 Å². The van der Waals surface area contributed by atoms with Crippen LogP contribution in [0.2, 0.25) is 0 Å². The molecule has 2 fully saturated rings. The maximum absolute atomic E-state index is 6.10. The van der Waals surface area contributed by atoms with E-state index >= 15 is 0 Å². The second-order valence-electron chi connectivity index (χ2n) is 6.82. The Balaban J connectivity index is 1.88. The van der Waals surface area contributed by atoms with E-state index in [4.69, 9.17) is 9.47 Å². The highest BCUT2D eigenvalue weighted by Crippen LogP contribution is 2.31. The molecule has 2 aliphatic heterocycles. The summed E-state index contributed by atoms with van der Waals surface area (Å²) in [7, 11) is 0. The Bertz CT molecular complexity index is 243. The minimum absolute atomic E-state index is 0.206. The molecule has 2 heterocycles. The SMILES string of the molecule is CC(C)(C)NCC1CCCOC1C1CCOCC1.